The van der Waals surface area contributed by atoms with Crippen LogP contribution in [0.15, 0.2) is 18.2 Å². The number of halogens is 2. The number of rotatable bonds is 5. The Hall–Kier alpha value is -1.93. The molecular formula is C18H25F2N3O3. The second kappa shape index (κ2) is 7.75. The first kappa shape index (κ1) is 18.8. The van der Waals surface area contributed by atoms with E-state index in [1.54, 1.807) is 19.1 Å². The van der Waals surface area contributed by atoms with Crippen LogP contribution < -0.4 is 14.8 Å². The lowest BCUT2D eigenvalue weighted by molar-refractivity contribution is -0.135. The van der Waals surface area contributed by atoms with Gasteiger partial charge in [0.1, 0.15) is 11.5 Å². The van der Waals surface area contributed by atoms with Gasteiger partial charge < -0.3 is 14.4 Å². The lowest BCUT2D eigenvalue weighted by atomic mass is 10.1. The highest BCUT2D eigenvalue weighted by Gasteiger charge is 2.43. The minimum Gasteiger partial charge on any atom is -0.497 e. The molecule has 2 heterocycles. The minimum atomic E-state index is -2.79. The molecule has 1 aromatic carbocycles. The third-order valence-electron chi connectivity index (χ3n) is 4.97. The molecule has 0 bridgehead atoms. The first-order valence-electron chi connectivity index (χ1n) is 8.75. The number of ether oxygens (including phenoxy) is 2. The van der Waals surface area contributed by atoms with Crippen LogP contribution in [0.4, 0.5) is 8.78 Å². The van der Waals surface area contributed by atoms with Crippen LogP contribution in [0.3, 0.4) is 0 Å². The smallest absolute Gasteiger partial charge is 0.262 e. The standard InChI is InChI=1S/C18H25F2N3O3/c1-25-14-3-4-16(26-2)13(9-14)11-22-5-7-23(8-6-22)17(24)15-10-18(19,20)12-21-15/h3-4,9,15,21H,5-8,10-12H2,1-2H3. The van der Waals surface area contributed by atoms with Crippen molar-refractivity contribution in [3.05, 3.63) is 23.8 Å². The number of benzene rings is 1. The van der Waals surface area contributed by atoms with Crippen LogP contribution in [0.5, 0.6) is 11.5 Å². The third-order valence-corrected chi connectivity index (χ3v) is 4.97. The molecule has 0 spiro atoms. The predicted octanol–water partition coefficient (Wildman–Crippen LogP) is 1.35. The summed E-state index contributed by atoms with van der Waals surface area (Å²) in [7, 11) is 3.25. The Morgan fingerprint density at radius 3 is 2.54 bits per heavy atom. The summed E-state index contributed by atoms with van der Waals surface area (Å²) >= 11 is 0. The van der Waals surface area contributed by atoms with E-state index in [4.69, 9.17) is 9.47 Å². The van der Waals surface area contributed by atoms with Gasteiger partial charge in [-0.25, -0.2) is 8.78 Å². The summed E-state index contributed by atoms with van der Waals surface area (Å²) in [6, 6.07) is 4.90. The maximum absolute atomic E-state index is 13.3. The average molecular weight is 369 g/mol. The van der Waals surface area contributed by atoms with E-state index in [1.165, 1.54) is 0 Å². The van der Waals surface area contributed by atoms with E-state index in [9.17, 15) is 13.6 Å². The molecule has 1 aromatic rings. The van der Waals surface area contributed by atoms with Crippen LogP contribution in [0.1, 0.15) is 12.0 Å². The number of nitrogens with one attached hydrogen (secondary N) is 1. The molecule has 1 N–H and O–H groups in total. The molecule has 0 radical (unpaired) electrons. The van der Waals surface area contributed by atoms with Gasteiger partial charge in [-0.1, -0.05) is 0 Å². The van der Waals surface area contributed by atoms with Crippen molar-refractivity contribution in [1.29, 1.82) is 0 Å². The molecule has 26 heavy (non-hydrogen) atoms. The third kappa shape index (κ3) is 4.24. The number of alkyl halides is 2. The van der Waals surface area contributed by atoms with Crippen molar-refractivity contribution in [3.63, 3.8) is 0 Å². The molecule has 2 aliphatic rings. The molecule has 1 amide bonds. The van der Waals surface area contributed by atoms with Crippen molar-refractivity contribution < 1.29 is 23.0 Å². The summed E-state index contributed by atoms with van der Waals surface area (Å²) in [5, 5.41) is 2.64. The van der Waals surface area contributed by atoms with Crippen LogP contribution in [-0.4, -0.2) is 74.6 Å². The van der Waals surface area contributed by atoms with Gasteiger partial charge in [0.15, 0.2) is 0 Å². The number of carbonyl (C=O) groups excluding carboxylic acids is 1. The topological polar surface area (TPSA) is 54.0 Å². The summed E-state index contributed by atoms with van der Waals surface area (Å²) in [5.74, 6) is -1.45. The quantitative estimate of drug-likeness (QED) is 0.849. The number of methoxy groups -OCH3 is 2. The zero-order valence-corrected chi connectivity index (χ0v) is 15.1. The molecule has 6 nitrogen and oxygen atoms in total. The van der Waals surface area contributed by atoms with Crippen molar-refractivity contribution in [2.24, 2.45) is 0 Å². The lowest BCUT2D eigenvalue weighted by Crippen LogP contribution is -2.52. The fourth-order valence-electron chi connectivity index (χ4n) is 3.48. The number of amides is 1. The van der Waals surface area contributed by atoms with Gasteiger partial charge in [-0.3, -0.25) is 15.0 Å². The SMILES string of the molecule is COc1ccc(OC)c(CN2CCN(C(=O)C3CC(F)(F)CN3)CC2)c1. The fourth-order valence-corrected chi connectivity index (χ4v) is 3.48. The van der Waals surface area contributed by atoms with E-state index in [2.05, 4.69) is 10.2 Å². The molecule has 0 aliphatic carbocycles. The molecule has 144 valence electrons. The van der Waals surface area contributed by atoms with Crippen molar-refractivity contribution >= 4 is 5.91 Å². The van der Waals surface area contributed by atoms with Crippen molar-refractivity contribution in [1.82, 2.24) is 15.1 Å². The molecule has 2 aliphatic heterocycles. The zero-order valence-electron chi connectivity index (χ0n) is 15.1. The van der Waals surface area contributed by atoms with Gasteiger partial charge in [0.25, 0.3) is 5.92 Å². The molecule has 0 saturated carbocycles. The second-order valence-corrected chi connectivity index (χ2v) is 6.77. The van der Waals surface area contributed by atoms with Gasteiger partial charge >= 0.3 is 0 Å². The summed E-state index contributed by atoms with van der Waals surface area (Å²) in [6.07, 6.45) is -0.410. The van der Waals surface area contributed by atoms with Crippen molar-refractivity contribution in [2.45, 2.75) is 24.9 Å². The van der Waals surface area contributed by atoms with Crippen LogP contribution in [-0.2, 0) is 11.3 Å². The lowest BCUT2D eigenvalue weighted by Gasteiger charge is -2.36. The highest BCUT2D eigenvalue weighted by molar-refractivity contribution is 5.82. The summed E-state index contributed by atoms with van der Waals surface area (Å²) < 4.78 is 37.3. The monoisotopic (exact) mass is 369 g/mol. The zero-order chi connectivity index (χ0) is 18.7. The highest BCUT2D eigenvalue weighted by atomic mass is 19.3. The number of carbonyl (C=O) groups is 1. The average Bonchev–Trinajstić information content (AvgIpc) is 3.01. The molecule has 3 rings (SSSR count). The summed E-state index contributed by atoms with van der Waals surface area (Å²) in [5.41, 5.74) is 1.02. The Bertz CT molecular complexity index is 649. The Balaban J connectivity index is 1.55. The van der Waals surface area contributed by atoms with Gasteiger partial charge in [0, 0.05) is 44.7 Å². The summed E-state index contributed by atoms with van der Waals surface area (Å²) in [4.78, 5) is 16.3. The van der Waals surface area contributed by atoms with Gasteiger partial charge in [0.2, 0.25) is 5.91 Å². The number of nitrogens with zero attached hydrogens (tertiary/aromatic N) is 2. The first-order chi connectivity index (χ1) is 12.4. The van der Waals surface area contributed by atoms with E-state index >= 15 is 0 Å². The second-order valence-electron chi connectivity index (χ2n) is 6.77. The van der Waals surface area contributed by atoms with E-state index in [0.717, 1.165) is 17.1 Å². The van der Waals surface area contributed by atoms with Crippen LogP contribution >= 0.6 is 0 Å². The summed E-state index contributed by atoms with van der Waals surface area (Å²) in [6.45, 7) is 2.72. The van der Waals surface area contributed by atoms with Crippen molar-refractivity contribution in [3.8, 4) is 11.5 Å². The van der Waals surface area contributed by atoms with Crippen molar-refractivity contribution in [2.75, 3.05) is 46.9 Å². The number of hydrogen-bond donors (Lipinski definition) is 1. The molecule has 2 fully saturated rings. The van der Waals surface area contributed by atoms with E-state index in [0.29, 0.717) is 32.7 Å². The van der Waals surface area contributed by atoms with E-state index in [-0.39, 0.29) is 5.91 Å². The Morgan fingerprint density at radius 2 is 1.96 bits per heavy atom. The largest absolute Gasteiger partial charge is 0.497 e. The van der Waals surface area contributed by atoms with Gasteiger partial charge in [-0.2, -0.15) is 0 Å². The van der Waals surface area contributed by atoms with E-state index in [1.807, 2.05) is 18.2 Å². The Kier molecular flexibility index (Phi) is 5.62. The molecule has 0 aromatic heterocycles. The Labute approximate surface area is 152 Å². The van der Waals surface area contributed by atoms with Crippen LogP contribution in [0, 0.1) is 0 Å². The first-order valence-corrected chi connectivity index (χ1v) is 8.75. The number of piperazine rings is 1. The van der Waals surface area contributed by atoms with Gasteiger partial charge in [-0.05, 0) is 18.2 Å². The van der Waals surface area contributed by atoms with Crippen LogP contribution in [0.2, 0.25) is 0 Å². The molecule has 1 atom stereocenters. The molecular weight excluding hydrogens is 344 g/mol. The van der Waals surface area contributed by atoms with Crippen LogP contribution in [0.25, 0.3) is 0 Å². The normalized spacial score (nSPS) is 23.1. The van der Waals surface area contributed by atoms with Gasteiger partial charge in [-0.15, -0.1) is 0 Å². The number of hydrogen-bond acceptors (Lipinski definition) is 5. The molecule has 1 unspecified atom stereocenters. The predicted molar refractivity (Wildman–Crippen MR) is 92.8 cm³/mol. The fraction of sp³-hybridized carbons (Fsp3) is 0.611. The highest BCUT2D eigenvalue weighted by Crippen LogP contribution is 2.27. The Morgan fingerprint density at radius 1 is 1.23 bits per heavy atom. The van der Waals surface area contributed by atoms with Gasteiger partial charge in [0.05, 0.1) is 26.8 Å². The maximum atomic E-state index is 13.3. The minimum absolute atomic E-state index is 0.221. The molecule has 2 saturated heterocycles. The molecule has 8 heteroatoms. The maximum Gasteiger partial charge on any atom is 0.262 e. The van der Waals surface area contributed by atoms with E-state index < -0.39 is 24.9 Å².